The van der Waals surface area contributed by atoms with E-state index in [1.54, 1.807) is 19.1 Å². The number of ketones is 1. The van der Waals surface area contributed by atoms with E-state index in [9.17, 15) is 9.59 Å². The SMILES string of the molecule is CC(Cl)C(=O)c1ccc2c(c1)NC(=O)C(C)S2. The number of amides is 1. The molecule has 2 unspecified atom stereocenters. The van der Waals surface area contributed by atoms with Gasteiger partial charge in [-0.25, -0.2) is 0 Å². The zero-order valence-electron chi connectivity index (χ0n) is 9.49. The fourth-order valence-corrected chi connectivity index (χ4v) is 2.65. The highest BCUT2D eigenvalue weighted by atomic mass is 35.5. The van der Waals surface area contributed by atoms with Crippen molar-refractivity contribution in [2.45, 2.75) is 29.4 Å². The van der Waals surface area contributed by atoms with Crippen molar-refractivity contribution in [1.29, 1.82) is 0 Å². The Bertz CT molecular complexity index is 487. The van der Waals surface area contributed by atoms with Gasteiger partial charge in [0.05, 0.1) is 16.3 Å². The molecule has 0 aromatic heterocycles. The van der Waals surface area contributed by atoms with E-state index in [0.29, 0.717) is 11.3 Å². The van der Waals surface area contributed by atoms with Crippen LogP contribution in [0.5, 0.6) is 0 Å². The number of Topliss-reactive ketones (excluding diaryl/α,β-unsaturated/α-hetero) is 1. The molecule has 2 atom stereocenters. The predicted octanol–water partition coefficient (Wildman–Crippen LogP) is 2.93. The lowest BCUT2D eigenvalue weighted by atomic mass is 10.1. The average Bonchev–Trinajstić information content (AvgIpc) is 2.29. The highest BCUT2D eigenvalue weighted by molar-refractivity contribution is 8.00. The summed E-state index contributed by atoms with van der Waals surface area (Å²) in [6.07, 6.45) is 0. The van der Waals surface area contributed by atoms with E-state index in [0.717, 1.165) is 4.90 Å². The zero-order chi connectivity index (χ0) is 12.6. The fraction of sp³-hybridized carbons (Fsp3) is 0.333. The molecule has 17 heavy (non-hydrogen) atoms. The Morgan fingerprint density at radius 1 is 1.53 bits per heavy atom. The number of benzene rings is 1. The number of nitrogens with one attached hydrogen (secondary N) is 1. The summed E-state index contributed by atoms with van der Waals surface area (Å²) < 4.78 is 0. The van der Waals surface area contributed by atoms with Crippen molar-refractivity contribution in [3.63, 3.8) is 0 Å². The van der Waals surface area contributed by atoms with E-state index in [-0.39, 0.29) is 16.9 Å². The second-order valence-corrected chi connectivity index (χ2v) is 5.98. The van der Waals surface area contributed by atoms with Crippen LogP contribution in [0.25, 0.3) is 0 Å². The monoisotopic (exact) mass is 269 g/mol. The van der Waals surface area contributed by atoms with Crippen LogP contribution < -0.4 is 5.32 Å². The number of halogens is 1. The van der Waals surface area contributed by atoms with Crippen LogP contribution in [0.4, 0.5) is 5.69 Å². The lowest BCUT2D eigenvalue weighted by Crippen LogP contribution is -2.26. The molecule has 0 radical (unpaired) electrons. The van der Waals surface area contributed by atoms with Crippen LogP contribution >= 0.6 is 23.4 Å². The van der Waals surface area contributed by atoms with Crippen molar-refractivity contribution in [1.82, 2.24) is 0 Å². The van der Waals surface area contributed by atoms with Crippen molar-refractivity contribution in [2.75, 3.05) is 5.32 Å². The van der Waals surface area contributed by atoms with Gasteiger partial charge in [0, 0.05) is 10.5 Å². The van der Waals surface area contributed by atoms with Gasteiger partial charge >= 0.3 is 0 Å². The van der Waals surface area contributed by atoms with Crippen LogP contribution in [0.15, 0.2) is 23.1 Å². The maximum Gasteiger partial charge on any atom is 0.237 e. The number of carbonyl (C=O) groups is 2. The first-order valence-corrected chi connectivity index (χ1v) is 6.60. The Balaban J connectivity index is 2.35. The first kappa shape index (κ1) is 12.5. The van der Waals surface area contributed by atoms with Gasteiger partial charge in [0.15, 0.2) is 5.78 Å². The largest absolute Gasteiger partial charge is 0.324 e. The summed E-state index contributed by atoms with van der Waals surface area (Å²) in [5.74, 6) is -0.168. The Morgan fingerprint density at radius 3 is 2.88 bits per heavy atom. The van der Waals surface area contributed by atoms with Crippen LogP contribution in [-0.4, -0.2) is 22.3 Å². The molecule has 0 saturated carbocycles. The summed E-state index contributed by atoms with van der Waals surface area (Å²) in [6.45, 7) is 3.49. The van der Waals surface area contributed by atoms with E-state index < -0.39 is 5.38 Å². The number of fused-ring (bicyclic) bond motifs is 1. The van der Waals surface area contributed by atoms with Crippen molar-refractivity contribution < 1.29 is 9.59 Å². The topological polar surface area (TPSA) is 46.2 Å². The molecular formula is C12H12ClNO2S. The molecule has 1 aliphatic rings. The van der Waals surface area contributed by atoms with Gasteiger partial charge in [-0.05, 0) is 26.0 Å². The minimum atomic E-state index is -0.557. The Morgan fingerprint density at radius 2 is 2.24 bits per heavy atom. The van der Waals surface area contributed by atoms with Gasteiger partial charge in [-0.3, -0.25) is 9.59 Å². The van der Waals surface area contributed by atoms with Crippen LogP contribution in [0.2, 0.25) is 0 Å². The second kappa shape index (κ2) is 4.70. The number of rotatable bonds is 2. The number of anilines is 1. The van der Waals surface area contributed by atoms with Crippen LogP contribution in [0.3, 0.4) is 0 Å². The van der Waals surface area contributed by atoms with Crippen molar-refractivity contribution >= 4 is 40.7 Å². The molecular weight excluding hydrogens is 258 g/mol. The van der Waals surface area contributed by atoms with Crippen LogP contribution in [-0.2, 0) is 4.79 Å². The summed E-state index contributed by atoms with van der Waals surface area (Å²) in [5, 5.41) is 2.13. The van der Waals surface area contributed by atoms with Crippen molar-refractivity contribution in [3.8, 4) is 0 Å². The Kier molecular flexibility index (Phi) is 3.45. The van der Waals surface area contributed by atoms with E-state index >= 15 is 0 Å². The normalized spacial score (nSPS) is 20.4. The smallest absolute Gasteiger partial charge is 0.237 e. The molecule has 0 aliphatic carbocycles. The predicted molar refractivity (Wildman–Crippen MR) is 70.0 cm³/mol. The average molecular weight is 270 g/mol. The van der Waals surface area contributed by atoms with Crippen molar-refractivity contribution in [2.24, 2.45) is 0 Å². The highest BCUT2D eigenvalue weighted by Crippen LogP contribution is 2.36. The molecule has 1 amide bonds. The molecule has 1 heterocycles. The molecule has 0 spiro atoms. The number of carbonyl (C=O) groups excluding carboxylic acids is 2. The van der Waals surface area contributed by atoms with Gasteiger partial charge in [-0.1, -0.05) is 6.07 Å². The lowest BCUT2D eigenvalue weighted by molar-refractivity contribution is -0.115. The molecule has 1 aromatic rings. The summed E-state index contributed by atoms with van der Waals surface area (Å²) in [4.78, 5) is 24.2. The summed E-state index contributed by atoms with van der Waals surface area (Å²) in [7, 11) is 0. The summed E-state index contributed by atoms with van der Waals surface area (Å²) >= 11 is 7.25. The third-order valence-corrected chi connectivity index (χ3v) is 3.93. The van der Waals surface area contributed by atoms with E-state index in [1.807, 2.05) is 13.0 Å². The first-order valence-electron chi connectivity index (χ1n) is 5.29. The Labute approximate surface area is 109 Å². The highest BCUT2D eigenvalue weighted by Gasteiger charge is 2.24. The van der Waals surface area contributed by atoms with Gasteiger partial charge in [-0.2, -0.15) is 0 Å². The third kappa shape index (κ3) is 2.48. The molecule has 3 nitrogen and oxygen atoms in total. The van der Waals surface area contributed by atoms with Gasteiger partial charge in [0.25, 0.3) is 0 Å². The molecule has 1 N–H and O–H groups in total. The van der Waals surface area contributed by atoms with Gasteiger partial charge in [-0.15, -0.1) is 23.4 Å². The van der Waals surface area contributed by atoms with Gasteiger partial charge in [0.2, 0.25) is 5.91 Å². The maximum absolute atomic E-state index is 11.7. The fourth-order valence-electron chi connectivity index (χ4n) is 1.59. The molecule has 0 saturated heterocycles. The quantitative estimate of drug-likeness (QED) is 0.663. The molecule has 0 bridgehead atoms. The zero-order valence-corrected chi connectivity index (χ0v) is 11.1. The maximum atomic E-state index is 11.7. The standard InChI is InChI=1S/C12H12ClNO2S/c1-6(13)11(15)8-3-4-10-9(5-8)14-12(16)7(2)17-10/h3-7H,1-2H3,(H,14,16). The lowest BCUT2D eigenvalue weighted by Gasteiger charge is -2.21. The molecule has 1 aromatic carbocycles. The van der Waals surface area contributed by atoms with E-state index in [2.05, 4.69) is 5.32 Å². The van der Waals surface area contributed by atoms with Crippen LogP contribution in [0, 0.1) is 0 Å². The van der Waals surface area contributed by atoms with Crippen molar-refractivity contribution in [3.05, 3.63) is 23.8 Å². The minimum Gasteiger partial charge on any atom is -0.324 e. The van der Waals surface area contributed by atoms with Gasteiger partial charge in [0.1, 0.15) is 0 Å². The number of alkyl halides is 1. The molecule has 0 fully saturated rings. The van der Waals surface area contributed by atoms with E-state index in [1.165, 1.54) is 11.8 Å². The minimum absolute atomic E-state index is 0.0361. The van der Waals surface area contributed by atoms with E-state index in [4.69, 9.17) is 11.6 Å². The number of hydrogen-bond donors (Lipinski definition) is 1. The molecule has 5 heteroatoms. The van der Waals surface area contributed by atoms with Gasteiger partial charge < -0.3 is 5.32 Å². The molecule has 90 valence electrons. The number of thioether (sulfide) groups is 1. The Hall–Kier alpha value is -1.000. The summed E-state index contributed by atoms with van der Waals surface area (Å²) in [6, 6.07) is 5.28. The molecule has 2 rings (SSSR count). The summed E-state index contributed by atoms with van der Waals surface area (Å²) in [5.41, 5.74) is 1.22. The third-order valence-electron chi connectivity index (χ3n) is 2.56. The first-order chi connectivity index (χ1) is 7.99. The van der Waals surface area contributed by atoms with Crippen LogP contribution in [0.1, 0.15) is 24.2 Å². The number of hydrogen-bond acceptors (Lipinski definition) is 3. The second-order valence-electron chi connectivity index (χ2n) is 3.94. The molecule has 1 aliphatic heterocycles.